The highest BCUT2D eigenvalue weighted by atomic mass is 32.2. The standard InChI is InChI=1S/C16H19F2N5OS/c1-21-6-13(23-20)14-4-9-7-25-15(19)22-16(9,8-24-14)11-3-2-10(17)5-12(11)18/h2-3,5-6,9,13-14,20H,4,7-8H2,1H3,(H2,19,22). The predicted molar refractivity (Wildman–Crippen MR) is 93.3 cm³/mol. The van der Waals surface area contributed by atoms with Gasteiger partial charge >= 0.3 is 0 Å². The number of halogens is 2. The van der Waals surface area contributed by atoms with Gasteiger partial charge in [-0.1, -0.05) is 17.8 Å². The van der Waals surface area contributed by atoms with E-state index >= 15 is 0 Å². The molecule has 3 rings (SSSR count). The molecule has 0 amide bonds. The molecule has 25 heavy (non-hydrogen) atoms. The molecule has 2 heterocycles. The van der Waals surface area contributed by atoms with Crippen molar-refractivity contribution in [2.24, 2.45) is 26.8 Å². The molecule has 2 aliphatic rings. The molecule has 1 aromatic rings. The molecule has 1 aromatic carbocycles. The van der Waals surface area contributed by atoms with Crippen LogP contribution in [0, 0.1) is 23.1 Å². The van der Waals surface area contributed by atoms with Crippen LogP contribution in [0.3, 0.4) is 0 Å². The Bertz CT molecular complexity index is 728. The fourth-order valence-electron chi connectivity index (χ4n) is 3.44. The van der Waals surface area contributed by atoms with Gasteiger partial charge in [-0.2, -0.15) is 5.11 Å². The number of aliphatic imine (C=N–C) groups is 2. The molecule has 3 N–H and O–H groups in total. The number of hydrogen-bond acceptors (Lipinski definition) is 7. The highest BCUT2D eigenvalue weighted by Gasteiger charge is 2.50. The van der Waals surface area contributed by atoms with E-state index in [0.29, 0.717) is 17.3 Å². The monoisotopic (exact) mass is 367 g/mol. The number of amidine groups is 1. The van der Waals surface area contributed by atoms with E-state index in [9.17, 15) is 8.78 Å². The Morgan fingerprint density at radius 2 is 2.32 bits per heavy atom. The zero-order valence-electron chi connectivity index (χ0n) is 13.7. The van der Waals surface area contributed by atoms with Gasteiger partial charge < -0.3 is 10.5 Å². The summed E-state index contributed by atoms with van der Waals surface area (Å²) in [7, 11) is 1.61. The second-order valence-corrected chi connectivity index (χ2v) is 7.16. The first-order valence-corrected chi connectivity index (χ1v) is 8.83. The first kappa shape index (κ1) is 17.9. The lowest BCUT2D eigenvalue weighted by Crippen LogP contribution is -2.52. The molecular weight excluding hydrogens is 348 g/mol. The molecule has 1 saturated heterocycles. The third-order valence-electron chi connectivity index (χ3n) is 4.68. The van der Waals surface area contributed by atoms with Crippen LogP contribution >= 0.6 is 11.8 Å². The van der Waals surface area contributed by atoms with Gasteiger partial charge in [0, 0.05) is 36.6 Å². The van der Waals surface area contributed by atoms with Crippen LogP contribution in [0.5, 0.6) is 0 Å². The highest BCUT2D eigenvalue weighted by molar-refractivity contribution is 8.13. The molecule has 134 valence electrons. The van der Waals surface area contributed by atoms with E-state index in [1.807, 2.05) is 0 Å². The van der Waals surface area contributed by atoms with E-state index in [1.54, 1.807) is 13.3 Å². The van der Waals surface area contributed by atoms with Crippen LogP contribution in [0.15, 0.2) is 33.3 Å². The van der Waals surface area contributed by atoms with Crippen molar-refractivity contribution in [3.05, 3.63) is 35.4 Å². The summed E-state index contributed by atoms with van der Waals surface area (Å²) >= 11 is 1.41. The molecule has 0 aliphatic carbocycles. The molecule has 0 aromatic heterocycles. The Morgan fingerprint density at radius 3 is 3.00 bits per heavy atom. The van der Waals surface area contributed by atoms with Gasteiger partial charge in [-0.25, -0.2) is 19.3 Å². The minimum Gasteiger partial charge on any atom is -0.379 e. The van der Waals surface area contributed by atoms with E-state index < -0.39 is 23.2 Å². The maximum absolute atomic E-state index is 14.5. The van der Waals surface area contributed by atoms with Crippen LogP contribution in [-0.4, -0.2) is 42.9 Å². The lowest BCUT2D eigenvalue weighted by Gasteiger charge is -2.46. The van der Waals surface area contributed by atoms with E-state index in [-0.39, 0.29) is 24.2 Å². The van der Waals surface area contributed by atoms with Crippen LogP contribution < -0.4 is 5.73 Å². The Balaban J connectivity index is 1.98. The van der Waals surface area contributed by atoms with Crippen LogP contribution in [0.2, 0.25) is 0 Å². The number of nitrogens with one attached hydrogen (secondary N) is 1. The zero-order valence-corrected chi connectivity index (χ0v) is 14.5. The van der Waals surface area contributed by atoms with E-state index in [2.05, 4.69) is 15.1 Å². The lowest BCUT2D eigenvalue weighted by molar-refractivity contribution is -0.0591. The topological polar surface area (TPSA) is 96.2 Å². The average molecular weight is 367 g/mol. The molecule has 0 spiro atoms. The maximum atomic E-state index is 14.5. The van der Waals surface area contributed by atoms with Crippen molar-refractivity contribution < 1.29 is 13.5 Å². The Hall–Kier alpha value is -1.87. The quantitative estimate of drug-likeness (QED) is 0.632. The van der Waals surface area contributed by atoms with Crippen molar-refractivity contribution in [3.8, 4) is 0 Å². The number of rotatable bonds is 4. The molecule has 0 saturated carbocycles. The SMILES string of the molecule is CN=CC(N=N)C1CC2CSC(N)=NC2(c2ccc(F)cc2F)CO1. The number of thioether (sulfide) groups is 1. The first-order valence-electron chi connectivity index (χ1n) is 7.84. The fraction of sp³-hybridized carbons (Fsp3) is 0.500. The summed E-state index contributed by atoms with van der Waals surface area (Å²) in [5.41, 5.74) is 12.5. The summed E-state index contributed by atoms with van der Waals surface area (Å²) in [6.07, 6.45) is 1.76. The van der Waals surface area contributed by atoms with Crippen molar-refractivity contribution in [1.29, 1.82) is 5.53 Å². The number of nitrogens with zero attached hydrogens (tertiary/aromatic N) is 3. The van der Waals surface area contributed by atoms with Crippen LogP contribution in [0.25, 0.3) is 0 Å². The molecule has 0 radical (unpaired) electrons. The van der Waals surface area contributed by atoms with E-state index in [4.69, 9.17) is 16.0 Å². The Morgan fingerprint density at radius 1 is 1.52 bits per heavy atom. The first-order chi connectivity index (χ1) is 12.0. The van der Waals surface area contributed by atoms with Gasteiger partial charge in [-0.15, -0.1) is 0 Å². The summed E-state index contributed by atoms with van der Waals surface area (Å²) in [6, 6.07) is 2.99. The summed E-state index contributed by atoms with van der Waals surface area (Å²) < 4.78 is 33.7. The summed E-state index contributed by atoms with van der Waals surface area (Å²) in [6.45, 7) is 0.0930. The largest absolute Gasteiger partial charge is 0.379 e. The molecular formula is C16H19F2N5OS. The zero-order chi connectivity index (χ0) is 18.0. The second kappa shape index (κ2) is 7.17. The molecule has 4 atom stereocenters. The van der Waals surface area contributed by atoms with Gasteiger partial charge in [0.25, 0.3) is 0 Å². The van der Waals surface area contributed by atoms with Gasteiger partial charge in [0.05, 0.1) is 12.7 Å². The van der Waals surface area contributed by atoms with Gasteiger partial charge in [0.1, 0.15) is 23.2 Å². The van der Waals surface area contributed by atoms with Crippen LogP contribution in [-0.2, 0) is 10.3 Å². The van der Waals surface area contributed by atoms with Crippen LogP contribution in [0.1, 0.15) is 12.0 Å². The van der Waals surface area contributed by atoms with Crippen molar-refractivity contribution in [2.75, 3.05) is 19.4 Å². The summed E-state index contributed by atoms with van der Waals surface area (Å²) in [5, 5.41) is 3.92. The van der Waals surface area contributed by atoms with Crippen molar-refractivity contribution in [3.63, 3.8) is 0 Å². The number of hydrogen-bond donors (Lipinski definition) is 2. The number of fused-ring (bicyclic) bond motifs is 1. The molecule has 0 bridgehead atoms. The van der Waals surface area contributed by atoms with Gasteiger partial charge in [-0.05, 0) is 12.5 Å². The van der Waals surface area contributed by atoms with Crippen LogP contribution in [0.4, 0.5) is 8.78 Å². The van der Waals surface area contributed by atoms with Gasteiger partial charge in [0.2, 0.25) is 0 Å². The van der Waals surface area contributed by atoms with Gasteiger partial charge in [0.15, 0.2) is 5.17 Å². The fourth-order valence-corrected chi connectivity index (χ4v) is 4.45. The second-order valence-electron chi connectivity index (χ2n) is 6.12. The number of nitrogens with two attached hydrogens (primary N) is 1. The smallest absolute Gasteiger partial charge is 0.154 e. The van der Waals surface area contributed by atoms with E-state index in [1.165, 1.54) is 23.9 Å². The summed E-state index contributed by atoms with van der Waals surface area (Å²) in [5.74, 6) is -0.733. The van der Waals surface area contributed by atoms with Gasteiger partial charge in [-0.3, -0.25) is 4.99 Å². The summed E-state index contributed by atoms with van der Waals surface area (Å²) in [4.78, 5) is 8.45. The van der Waals surface area contributed by atoms with Crippen molar-refractivity contribution >= 4 is 23.1 Å². The number of ether oxygens (including phenoxy) is 1. The minimum atomic E-state index is -0.987. The lowest BCUT2D eigenvalue weighted by atomic mass is 9.74. The third-order valence-corrected chi connectivity index (χ3v) is 5.64. The normalized spacial score (nSPS) is 30.6. The predicted octanol–water partition coefficient (Wildman–Crippen LogP) is 2.73. The Labute approximate surface area is 148 Å². The minimum absolute atomic E-state index is 0.0713. The third kappa shape index (κ3) is 3.30. The molecule has 6 nitrogen and oxygen atoms in total. The highest BCUT2D eigenvalue weighted by Crippen LogP contribution is 2.47. The molecule has 4 unspecified atom stereocenters. The van der Waals surface area contributed by atoms with Crippen molar-refractivity contribution in [2.45, 2.75) is 24.1 Å². The number of benzene rings is 1. The average Bonchev–Trinajstić information content (AvgIpc) is 2.59. The molecule has 9 heteroatoms. The molecule has 2 aliphatic heterocycles. The molecule has 1 fully saturated rings. The van der Waals surface area contributed by atoms with E-state index in [0.717, 1.165) is 6.07 Å². The maximum Gasteiger partial charge on any atom is 0.154 e. The van der Waals surface area contributed by atoms with Crippen molar-refractivity contribution in [1.82, 2.24) is 0 Å². The Kier molecular flexibility index (Phi) is 5.14.